The molecule has 0 radical (unpaired) electrons. The number of hydrogen-bond acceptors (Lipinski definition) is 1. The lowest BCUT2D eigenvalue weighted by molar-refractivity contribution is -0.0238. The summed E-state index contributed by atoms with van der Waals surface area (Å²) in [5, 5.41) is 0. The van der Waals surface area contributed by atoms with E-state index in [1.54, 1.807) is 0 Å². The first-order valence-electron chi connectivity index (χ1n) is 4.35. The van der Waals surface area contributed by atoms with Gasteiger partial charge >= 0.3 is 0 Å². The molecular formula is C9H17FO. The van der Waals surface area contributed by atoms with Crippen molar-refractivity contribution in [1.29, 1.82) is 0 Å². The smallest absolute Gasteiger partial charge is 0.0954 e. The molecule has 1 heterocycles. The van der Waals surface area contributed by atoms with Gasteiger partial charge in [0.25, 0.3) is 0 Å². The minimum atomic E-state index is -0.186. The lowest BCUT2D eigenvalue weighted by atomic mass is 9.72. The van der Waals surface area contributed by atoms with E-state index in [9.17, 15) is 4.39 Å². The quantitative estimate of drug-likeness (QED) is 0.602. The van der Waals surface area contributed by atoms with Gasteiger partial charge in [-0.25, -0.2) is 0 Å². The number of halogens is 1. The second-order valence-electron chi connectivity index (χ2n) is 3.76. The summed E-state index contributed by atoms with van der Waals surface area (Å²) < 4.78 is 17.9. The SMILES string of the molecule is CC(C)C1(CF)CCOCC1. The van der Waals surface area contributed by atoms with Crippen LogP contribution in [0.4, 0.5) is 4.39 Å². The maximum absolute atomic E-state index is 12.7. The fourth-order valence-electron chi connectivity index (χ4n) is 1.64. The molecule has 1 nitrogen and oxygen atoms in total. The van der Waals surface area contributed by atoms with Crippen LogP contribution in [0.25, 0.3) is 0 Å². The Balaban J connectivity index is 2.57. The van der Waals surface area contributed by atoms with E-state index in [0.29, 0.717) is 5.92 Å². The van der Waals surface area contributed by atoms with Crippen molar-refractivity contribution >= 4 is 0 Å². The molecule has 0 aliphatic carbocycles. The van der Waals surface area contributed by atoms with Gasteiger partial charge in [-0.15, -0.1) is 0 Å². The van der Waals surface area contributed by atoms with Crippen molar-refractivity contribution in [3.8, 4) is 0 Å². The number of rotatable bonds is 2. The molecule has 1 fully saturated rings. The van der Waals surface area contributed by atoms with Gasteiger partial charge in [0.15, 0.2) is 0 Å². The second-order valence-corrected chi connectivity index (χ2v) is 3.76. The minimum absolute atomic E-state index is 0.0712. The Hall–Kier alpha value is -0.110. The summed E-state index contributed by atoms with van der Waals surface area (Å²) in [6, 6.07) is 0. The van der Waals surface area contributed by atoms with Crippen molar-refractivity contribution in [3.63, 3.8) is 0 Å². The predicted octanol–water partition coefficient (Wildman–Crippen LogP) is 2.41. The normalized spacial score (nSPS) is 24.0. The van der Waals surface area contributed by atoms with E-state index in [1.165, 1.54) is 0 Å². The van der Waals surface area contributed by atoms with Gasteiger partial charge in [0.05, 0.1) is 6.67 Å². The van der Waals surface area contributed by atoms with Gasteiger partial charge in [0, 0.05) is 18.6 Å². The molecule has 0 bridgehead atoms. The minimum Gasteiger partial charge on any atom is -0.381 e. The molecule has 0 spiro atoms. The van der Waals surface area contributed by atoms with Crippen LogP contribution in [0.15, 0.2) is 0 Å². The van der Waals surface area contributed by atoms with Crippen molar-refractivity contribution in [2.75, 3.05) is 19.9 Å². The lowest BCUT2D eigenvalue weighted by Crippen LogP contribution is -2.36. The van der Waals surface area contributed by atoms with E-state index >= 15 is 0 Å². The first-order valence-corrected chi connectivity index (χ1v) is 4.35. The van der Waals surface area contributed by atoms with E-state index in [2.05, 4.69) is 13.8 Å². The summed E-state index contributed by atoms with van der Waals surface area (Å²) in [5.74, 6) is 0.441. The lowest BCUT2D eigenvalue weighted by Gasteiger charge is -2.38. The molecule has 0 saturated carbocycles. The summed E-state index contributed by atoms with van der Waals surface area (Å²) in [5.41, 5.74) is -0.0712. The van der Waals surface area contributed by atoms with E-state index in [4.69, 9.17) is 4.74 Å². The van der Waals surface area contributed by atoms with Gasteiger partial charge in [0.2, 0.25) is 0 Å². The molecule has 0 aromatic rings. The molecule has 11 heavy (non-hydrogen) atoms. The zero-order valence-electron chi connectivity index (χ0n) is 7.40. The largest absolute Gasteiger partial charge is 0.381 e. The Morgan fingerprint density at radius 1 is 1.36 bits per heavy atom. The maximum atomic E-state index is 12.7. The summed E-state index contributed by atoms with van der Waals surface area (Å²) in [4.78, 5) is 0. The van der Waals surface area contributed by atoms with Crippen molar-refractivity contribution in [2.45, 2.75) is 26.7 Å². The number of ether oxygens (including phenoxy) is 1. The van der Waals surface area contributed by atoms with Crippen LogP contribution in [0.3, 0.4) is 0 Å². The van der Waals surface area contributed by atoms with Crippen LogP contribution in [-0.4, -0.2) is 19.9 Å². The summed E-state index contributed by atoms with van der Waals surface area (Å²) in [6.45, 7) is 5.49. The van der Waals surface area contributed by atoms with Gasteiger partial charge in [-0.05, 0) is 18.8 Å². The van der Waals surface area contributed by atoms with Gasteiger partial charge in [0.1, 0.15) is 0 Å². The topological polar surface area (TPSA) is 9.23 Å². The highest BCUT2D eigenvalue weighted by Gasteiger charge is 2.35. The second kappa shape index (κ2) is 3.53. The van der Waals surface area contributed by atoms with Gasteiger partial charge < -0.3 is 4.74 Å². The van der Waals surface area contributed by atoms with Crippen LogP contribution in [0.1, 0.15) is 26.7 Å². The van der Waals surface area contributed by atoms with Crippen LogP contribution < -0.4 is 0 Å². The van der Waals surface area contributed by atoms with Crippen LogP contribution in [0, 0.1) is 11.3 Å². The van der Waals surface area contributed by atoms with Crippen LogP contribution in [0.2, 0.25) is 0 Å². The highest BCUT2D eigenvalue weighted by atomic mass is 19.1. The Labute approximate surface area is 67.9 Å². The summed E-state index contributed by atoms with van der Waals surface area (Å²) >= 11 is 0. The molecule has 0 unspecified atom stereocenters. The molecule has 66 valence electrons. The van der Waals surface area contributed by atoms with Crippen LogP contribution in [-0.2, 0) is 4.74 Å². The van der Waals surface area contributed by atoms with Crippen molar-refractivity contribution < 1.29 is 9.13 Å². The Morgan fingerprint density at radius 3 is 2.18 bits per heavy atom. The highest BCUT2D eigenvalue weighted by molar-refractivity contribution is 4.83. The third kappa shape index (κ3) is 1.73. The van der Waals surface area contributed by atoms with E-state index in [0.717, 1.165) is 26.1 Å². The summed E-state index contributed by atoms with van der Waals surface area (Å²) in [7, 11) is 0. The Bertz CT molecular complexity index is 117. The predicted molar refractivity (Wildman–Crippen MR) is 43.3 cm³/mol. The van der Waals surface area contributed by atoms with Gasteiger partial charge in [-0.1, -0.05) is 13.8 Å². The molecule has 0 aromatic heterocycles. The van der Waals surface area contributed by atoms with Crippen molar-refractivity contribution in [3.05, 3.63) is 0 Å². The molecule has 0 N–H and O–H groups in total. The third-order valence-electron chi connectivity index (χ3n) is 2.98. The maximum Gasteiger partial charge on any atom is 0.0954 e. The van der Waals surface area contributed by atoms with Gasteiger partial charge in [-0.3, -0.25) is 4.39 Å². The average molecular weight is 160 g/mol. The fraction of sp³-hybridized carbons (Fsp3) is 1.00. The molecule has 1 aliphatic heterocycles. The fourth-order valence-corrected chi connectivity index (χ4v) is 1.64. The summed E-state index contributed by atoms with van der Waals surface area (Å²) in [6.07, 6.45) is 1.78. The zero-order chi connectivity index (χ0) is 8.32. The first-order chi connectivity index (χ1) is 5.21. The molecule has 1 aliphatic rings. The van der Waals surface area contributed by atoms with Crippen molar-refractivity contribution in [2.24, 2.45) is 11.3 Å². The third-order valence-corrected chi connectivity index (χ3v) is 2.98. The monoisotopic (exact) mass is 160 g/mol. The van der Waals surface area contributed by atoms with Gasteiger partial charge in [-0.2, -0.15) is 0 Å². The standard InChI is InChI=1S/C9H17FO/c1-8(2)9(7-10)3-5-11-6-4-9/h8H,3-7H2,1-2H3. The molecular weight excluding hydrogens is 143 g/mol. The molecule has 0 amide bonds. The average Bonchev–Trinajstić information content (AvgIpc) is 2.05. The van der Waals surface area contributed by atoms with Crippen LogP contribution in [0.5, 0.6) is 0 Å². The Kier molecular flexibility index (Phi) is 2.88. The first kappa shape index (κ1) is 8.98. The number of alkyl halides is 1. The van der Waals surface area contributed by atoms with Crippen LogP contribution >= 0.6 is 0 Å². The highest BCUT2D eigenvalue weighted by Crippen LogP contribution is 2.38. The zero-order valence-corrected chi connectivity index (χ0v) is 7.40. The molecule has 1 saturated heterocycles. The molecule has 0 aromatic carbocycles. The molecule has 2 heteroatoms. The Morgan fingerprint density at radius 2 is 1.91 bits per heavy atom. The molecule has 0 atom stereocenters. The van der Waals surface area contributed by atoms with E-state index in [-0.39, 0.29) is 12.1 Å². The van der Waals surface area contributed by atoms with Crippen molar-refractivity contribution in [1.82, 2.24) is 0 Å². The van der Waals surface area contributed by atoms with E-state index < -0.39 is 0 Å². The molecule has 1 rings (SSSR count). The van der Waals surface area contributed by atoms with E-state index in [1.807, 2.05) is 0 Å². The number of hydrogen-bond donors (Lipinski definition) is 0.